The second kappa shape index (κ2) is 6.14. The number of hydrogen-bond donors (Lipinski definition) is 1. The molecule has 0 aliphatic heterocycles. The third kappa shape index (κ3) is 3.56. The van der Waals surface area contributed by atoms with Crippen LogP contribution in [-0.4, -0.2) is 59.3 Å². The van der Waals surface area contributed by atoms with Crippen LogP contribution in [0.1, 0.15) is 10.4 Å². The van der Waals surface area contributed by atoms with Gasteiger partial charge in [-0.2, -0.15) is 0 Å². The van der Waals surface area contributed by atoms with E-state index in [1.165, 1.54) is 30.7 Å². The quantitative estimate of drug-likeness (QED) is 0.735. The lowest BCUT2D eigenvalue weighted by molar-refractivity contribution is 0.0380. The third-order valence-corrected chi connectivity index (χ3v) is 2.00. The molecule has 1 amide bonds. The molecule has 1 rings (SSSR count). The van der Waals surface area contributed by atoms with E-state index in [-0.39, 0.29) is 19.1 Å². The number of carbonyl (C=O) groups excluding carboxylic acids is 1. The van der Waals surface area contributed by atoms with Crippen LogP contribution in [0.5, 0.6) is 0 Å². The summed E-state index contributed by atoms with van der Waals surface area (Å²) in [4.78, 5) is 20.7. The largest absolute Gasteiger partial charge is 0.389 e. The van der Waals surface area contributed by atoms with Gasteiger partial charge in [0.05, 0.1) is 18.3 Å². The maximum Gasteiger partial charge on any atom is 0.256 e. The van der Waals surface area contributed by atoms with Gasteiger partial charge in [0, 0.05) is 33.1 Å². The Bertz CT molecular complexity index is 331. The molecule has 1 aromatic heterocycles. The monoisotopic (exact) mass is 225 g/mol. The highest BCUT2D eigenvalue weighted by atomic mass is 16.5. The van der Waals surface area contributed by atoms with Crippen molar-refractivity contribution in [3.05, 3.63) is 24.3 Å². The molecule has 0 aliphatic rings. The average Bonchev–Trinajstić information content (AvgIpc) is 2.29. The van der Waals surface area contributed by atoms with Crippen LogP contribution in [0.25, 0.3) is 0 Å². The van der Waals surface area contributed by atoms with E-state index in [4.69, 9.17) is 4.74 Å². The first kappa shape index (κ1) is 12.5. The van der Waals surface area contributed by atoms with Crippen LogP contribution in [0.15, 0.2) is 18.7 Å². The van der Waals surface area contributed by atoms with Gasteiger partial charge in [0.2, 0.25) is 0 Å². The van der Waals surface area contributed by atoms with Crippen LogP contribution >= 0.6 is 0 Å². The van der Waals surface area contributed by atoms with Crippen molar-refractivity contribution in [2.24, 2.45) is 0 Å². The van der Waals surface area contributed by atoms with Crippen molar-refractivity contribution < 1.29 is 14.6 Å². The number of likely N-dealkylation sites (N-methyl/N-ethyl adjacent to an activating group) is 1. The van der Waals surface area contributed by atoms with Crippen molar-refractivity contribution >= 4 is 5.91 Å². The highest BCUT2D eigenvalue weighted by molar-refractivity contribution is 5.93. The fourth-order valence-electron chi connectivity index (χ4n) is 1.27. The van der Waals surface area contributed by atoms with Gasteiger partial charge in [-0.3, -0.25) is 4.79 Å². The van der Waals surface area contributed by atoms with Crippen molar-refractivity contribution in [2.75, 3.05) is 27.3 Å². The van der Waals surface area contributed by atoms with Crippen LogP contribution < -0.4 is 0 Å². The van der Waals surface area contributed by atoms with Gasteiger partial charge < -0.3 is 14.7 Å². The minimum Gasteiger partial charge on any atom is -0.389 e. The van der Waals surface area contributed by atoms with Gasteiger partial charge in [-0.15, -0.1) is 0 Å². The summed E-state index contributed by atoms with van der Waals surface area (Å²) < 4.78 is 4.78. The Balaban J connectivity index is 2.55. The van der Waals surface area contributed by atoms with E-state index in [1.807, 2.05) is 0 Å². The Kier molecular flexibility index (Phi) is 4.81. The molecule has 6 heteroatoms. The van der Waals surface area contributed by atoms with Gasteiger partial charge in [-0.25, -0.2) is 9.97 Å². The fourth-order valence-corrected chi connectivity index (χ4v) is 1.27. The first-order valence-corrected chi connectivity index (χ1v) is 4.82. The van der Waals surface area contributed by atoms with Gasteiger partial charge in [-0.05, 0) is 0 Å². The normalized spacial score (nSPS) is 12.2. The summed E-state index contributed by atoms with van der Waals surface area (Å²) in [7, 11) is 3.10. The van der Waals surface area contributed by atoms with Crippen LogP contribution in [0.3, 0.4) is 0 Å². The van der Waals surface area contributed by atoms with Crippen molar-refractivity contribution in [3.8, 4) is 0 Å². The number of amides is 1. The summed E-state index contributed by atoms with van der Waals surface area (Å²) in [6.07, 6.45) is 3.54. The molecule has 0 radical (unpaired) electrons. The molecule has 0 fully saturated rings. The third-order valence-electron chi connectivity index (χ3n) is 2.00. The van der Waals surface area contributed by atoms with Crippen LogP contribution in [-0.2, 0) is 4.74 Å². The Morgan fingerprint density at radius 3 is 2.75 bits per heavy atom. The Hall–Kier alpha value is -1.53. The summed E-state index contributed by atoms with van der Waals surface area (Å²) in [6, 6.07) is 0. The van der Waals surface area contributed by atoms with E-state index < -0.39 is 6.10 Å². The Morgan fingerprint density at radius 2 is 2.19 bits per heavy atom. The maximum absolute atomic E-state index is 11.8. The van der Waals surface area contributed by atoms with Gasteiger partial charge in [0.15, 0.2) is 0 Å². The zero-order valence-corrected chi connectivity index (χ0v) is 9.33. The van der Waals surface area contributed by atoms with Crippen molar-refractivity contribution in [1.82, 2.24) is 14.9 Å². The predicted molar refractivity (Wildman–Crippen MR) is 56.9 cm³/mol. The Morgan fingerprint density at radius 1 is 1.56 bits per heavy atom. The van der Waals surface area contributed by atoms with Gasteiger partial charge in [-0.1, -0.05) is 0 Å². The SMILES string of the molecule is COCC(O)CN(C)C(=O)c1cncnc1. The maximum atomic E-state index is 11.8. The lowest BCUT2D eigenvalue weighted by Gasteiger charge is -2.20. The minimum absolute atomic E-state index is 0.197. The molecule has 1 aromatic rings. The predicted octanol–water partition coefficient (Wildman–Crippen LogP) is -0.444. The highest BCUT2D eigenvalue weighted by Gasteiger charge is 2.15. The summed E-state index contributed by atoms with van der Waals surface area (Å²) in [6.45, 7) is 0.407. The number of ether oxygens (including phenoxy) is 1. The van der Waals surface area contributed by atoms with Crippen LogP contribution in [0, 0.1) is 0 Å². The highest BCUT2D eigenvalue weighted by Crippen LogP contribution is 2.00. The second-order valence-corrected chi connectivity index (χ2v) is 3.42. The smallest absolute Gasteiger partial charge is 0.256 e. The Labute approximate surface area is 93.9 Å². The number of aliphatic hydroxyl groups is 1. The molecular formula is C10H15N3O3. The minimum atomic E-state index is -0.691. The lowest BCUT2D eigenvalue weighted by Crippen LogP contribution is -2.36. The fraction of sp³-hybridized carbons (Fsp3) is 0.500. The first-order valence-electron chi connectivity index (χ1n) is 4.82. The summed E-state index contributed by atoms with van der Waals surface area (Å²) in [5.74, 6) is -0.226. The van der Waals surface area contributed by atoms with E-state index in [2.05, 4.69) is 9.97 Å². The lowest BCUT2D eigenvalue weighted by atomic mass is 10.2. The topological polar surface area (TPSA) is 75.6 Å². The summed E-state index contributed by atoms with van der Waals surface area (Å²) >= 11 is 0. The molecule has 16 heavy (non-hydrogen) atoms. The van der Waals surface area contributed by atoms with Crippen LogP contribution in [0.4, 0.5) is 0 Å². The van der Waals surface area contributed by atoms with Gasteiger partial charge >= 0.3 is 0 Å². The second-order valence-electron chi connectivity index (χ2n) is 3.42. The van der Waals surface area contributed by atoms with E-state index in [0.717, 1.165) is 0 Å². The molecular weight excluding hydrogens is 210 g/mol. The standard InChI is InChI=1S/C10H15N3O3/c1-13(5-9(14)6-16-2)10(15)8-3-11-7-12-4-8/h3-4,7,9,14H,5-6H2,1-2H3. The number of nitrogens with zero attached hydrogens (tertiary/aromatic N) is 3. The molecule has 0 spiro atoms. The number of rotatable bonds is 5. The van der Waals surface area contributed by atoms with Gasteiger partial charge in [0.25, 0.3) is 5.91 Å². The van der Waals surface area contributed by atoms with Crippen molar-refractivity contribution in [1.29, 1.82) is 0 Å². The zero-order valence-electron chi connectivity index (χ0n) is 9.33. The number of carbonyl (C=O) groups is 1. The van der Waals surface area contributed by atoms with Crippen LogP contribution in [0.2, 0.25) is 0 Å². The van der Waals surface area contributed by atoms with Crippen molar-refractivity contribution in [2.45, 2.75) is 6.10 Å². The molecule has 0 saturated heterocycles. The number of aliphatic hydroxyl groups excluding tert-OH is 1. The molecule has 1 atom stereocenters. The molecule has 0 aliphatic carbocycles. The van der Waals surface area contributed by atoms with Crippen molar-refractivity contribution in [3.63, 3.8) is 0 Å². The van der Waals surface area contributed by atoms with Gasteiger partial charge in [0.1, 0.15) is 6.33 Å². The molecule has 1 heterocycles. The summed E-state index contributed by atoms with van der Waals surface area (Å²) in [5.41, 5.74) is 0.398. The molecule has 1 N–H and O–H groups in total. The number of methoxy groups -OCH3 is 1. The van der Waals surface area contributed by atoms with E-state index >= 15 is 0 Å². The molecule has 88 valence electrons. The summed E-state index contributed by atoms with van der Waals surface area (Å²) in [5, 5.41) is 9.47. The molecule has 0 saturated carbocycles. The molecule has 1 unspecified atom stereocenters. The number of aromatic nitrogens is 2. The number of hydrogen-bond acceptors (Lipinski definition) is 5. The van der Waals surface area contributed by atoms with E-state index in [9.17, 15) is 9.90 Å². The zero-order chi connectivity index (χ0) is 12.0. The first-order chi connectivity index (χ1) is 7.65. The molecule has 6 nitrogen and oxygen atoms in total. The average molecular weight is 225 g/mol. The van der Waals surface area contributed by atoms with E-state index in [0.29, 0.717) is 5.56 Å². The molecule has 0 bridgehead atoms. The van der Waals surface area contributed by atoms with E-state index in [1.54, 1.807) is 7.05 Å². The molecule has 0 aromatic carbocycles.